The van der Waals surface area contributed by atoms with Crippen molar-refractivity contribution >= 4 is 23.4 Å². The molecule has 0 aliphatic carbocycles. The Bertz CT molecular complexity index is 519. The Hall–Kier alpha value is -2.08. The van der Waals surface area contributed by atoms with E-state index in [-0.39, 0.29) is 17.9 Å². The fourth-order valence-electron chi connectivity index (χ4n) is 2.20. The van der Waals surface area contributed by atoms with Gasteiger partial charge in [0.05, 0.1) is 6.54 Å². The Labute approximate surface area is 124 Å². The number of amides is 2. The van der Waals surface area contributed by atoms with Gasteiger partial charge in [0, 0.05) is 17.3 Å². The van der Waals surface area contributed by atoms with Gasteiger partial charge in [0.15, 0.2) is 0 Å². The summed E-state index contributed by atoms with van der Waals surface area (Å²) in [5, 5.41) is 2.87. The normalized spacial score (nSPS) is 15.7. The highest BCUT2D eigenvalue weighted by Gasteiger charge is 2.23. The van der Waals surface area contributed by atoms with E-state index in [1.54, 1.807) is 23.1 Å². The average Bonchev–Trinajstić information content (AvgIpc) is 2.91. The highest BCUT2D eigenvalue weighted by atomic mass is 16.6. The molecule has 21 heavy (non-hydrogen) atoms. The average molecular weight is 291 g/mol. The van der Waals surface area contributed by atoms with Gasteiger partial charge < -0.3 is 15.8 Å². The lowest BCUT2D eigenvalue weighted by Gasteiger charge is -2.15. The van der Waals surface area contributed by atoms with Gasteiger partial charge in [-0.15, -0.1) is 0 Å². The zero-order chi connectivity index (χ0) is 15.2. The maximum atomic E-state index is 12.1. The standard InChI is InChI=1S/C15H21N3O3/c1-11(4-3-7-16)14(19)17-12-5-2-6-13(10-12)18-8-9-21-15(18)20/h2,5-6,10-11H,3-4,7-9,16H2,1H3,(H,17,19). The summed E-state index contributed by atoms with van der Waals surface area (Å²) < 4.78 is 4.91. The van der Waals surface area contributed by atoms with Gasteiger partial charge in [-0.3, -0.25) is 9.69 Å². The first kappa shape index (κ1) is 15.3. The van der Waals surface area contributed by atoms with E-state index >= 15 is 0 Å². The third-order valence-corrected chi connectivity index (χ3v) is 3.48. The Morgan fingerprint density at radius 3 is 3.00 bits per heavy atom. The molecule has 1 unspecified atom stereocenters. The van der Waals surface area contributed by atoms with Gasteiger partial charge in [0.1, 0.15) is 6.61 Å². The quantitative estimate of drug-likeness (QED) is 0.839. The fourth-order valence-corrected chi connectivity index (χ4v) is 2.20. The number of hydrogen-bond acceptors (Lipinski definition) is 4. The second-order valence-electron chi connectivity index (χ2n) is 5.14. The predicted octanol–water partition coefficient (Wildman–Crippen LogP) is 1.96. The number of anilines is 2. The molecule has 1 aromatic rings. The van der Waals surface area contributed by atoms with Crippen LogP contribution in [0.2, 0.25) is 0 Å². The SMILES string of the molecule is CC(CCCN)C(=O)Nc1cccc(N2CCOC2=O)c1. The largest absolute Gasteiger partial charge is 0.447 e. The molecule has 2 amide bonds. The van der Waals surface area contributed by atoms with Gasteiger partial charge in [0.25, 0.3) is 0 Å². The number of nitrogens with zero attached hydrogens (tertiary/aromatic N) is 1. The maximum absolute atomic E-state index is 12.1. The number of rotatable bonds is 6. The number of hydrogen-bond donors (Lipinski definition) is 2. The molecular formula is C15H21N3O3. The molecule has 1 aromatic carbocycles. The van der Waals surface area contributed by atoms with Crippen molar-refractivity contribution in [3.05, 3.63) is 24.3 Å². The fraction of sp³-hybridized carbons (Fsp3) is 0.467. The summed E-state index contributed by atoms with van der Waals surface area (Å²) >= 11 is 0. The van der Waals surface area contributed by atoms with Crippen molar-refractivity contribution in [2.24, 2.45) is 11.7 Å². The lowest BCUT2D eigenvalue weighted by Crippen LogP contribution is -2.24. The van der Waals surface area contributed by atoms with Crippen LogP contribution in [0.25, 0.3) is 0 Å². The number of nitrogens with one attached hydrogen (secondary N) is 1. The lowest BCUT2D eigenvalue weighted by atomic mass is 10.0. The van der Waals surface area contributed by atoms with E-state index in [1.807, 2.05) is 13.0 Å². The van der Waals surface area contributed by atoms with Gasteiger partial charge in [-0.05, 0) is 37.6 Å². The molecule has 0 radical (unpaired) electrons. The van der Waals surface area contributed by atoms with E-state index in [4.69, 9.17) is 10.5 Å². The van der Waals surface area contributed by atoms with Crippen molar-refractivity contribution in [3.8, 4) is 0 Å². The van der Waals surface area contributed by atoms with E-state index in [2.05, 4.69) is 5.32 Å². The number of nitrogens with two attached hydrogens (primary N) is 1. The van der Waals surface area contributed by atoms with Gasteiger partial charge >= 0.3 is 6.09 Å². The van der Waals surface area contributed by atoms with E-state index in [0.717, 1.165) is 18.5 Å². The van der Waals surface area contributed by atoms with Crippen molar-refractivity contribution in [2.75, 3.05) is 29.9 Å². The zero-order valence-electron chi connectivity index (χ0n) is 12.2. The number of benzene rings is 1. The summed E-state index contributed by atoms with van der Waals surface area (Å²) in [5.74, 6) is -0.126. The van der Waals surface area contributed by atoms with Crippen LogP contribution in [-0.4, -0.2) is 31.7 Å². The highest BCUT2D eigenvalue weighted by Crippen LogP contribution is 2.23. The molecule has 1 aliphatic heterocycles. The van der Waals surface area contributed by atoms with E-state index in [0.29, 0.717) is 25.4 Å². The molecule has 0 spiro atoms. The zero-order valence-corrected chi connectivity index (χ0v) is 12.2. The molecule has 1 atom stereocenters. The molecule has 1 fully saturated rings. The van der Waals surface area contributed by atoms with Crippen LogP contribution >= 0.6 is 0 Å². The monoisotopic (exact) mass is 291 g/mol. The van der Waals surface area contributed by atoms with Crippen molar-refractivity contribution in [1.82, 2.24) is 0 Å². The van der Waals surface area contributed by atoms with Crippen LogP contribution < -0.4 is 16.0 Å². The molecule has 6 heteroatoms. The topological polar surface area (TPSA) is 84.7 Å². The molecule has 114 valence electrons. The van der Waals surface area contributed by atoms with Crippen LogP contribution in [-0.2, 0) is 9.53 Å². The first-order valence-electron chi connectivity index (χ1n) is 7.17. The van der Waals surface area contributed by atoms with Crippen LogP contribution in [0.5, 0.6) is 0 Å². The Morgan fingerprint density at radius 2 is 2.33 bits per heavy atom. The highest BCUT2D eigenvalue weighted by molar-refractivity contribution is 5.94. The van der Waals surface area contributed by atoms with Crippen molar-refractivity contribution in [1.29, 1.82) is 0 Å². The Balaban J connectivity index is 2.01. The van der Waals surface area contributed by atoms with Crippen LogP contribution in [0, 0.1) is 5.92 Å². The van der Waals surface area contributed by atoms with Crippen molar-refractivity contribution < 1.29 is 14.3 Å². The van der Waals surface area contributed by atoms with Gasteiger partial charge in [0.2, 0.25) is 5.91 Å². The second-order valence-corrected chi connectivity index (χ2v) is 5.14. The van der Waals surface area contributed by atoms with Crippen LogP contribution in [0.15, 0.2) is 24.3 Å². The summed E-state index contributed by atoms with van der Waals surface area (Å²) in [4.78, 5) is 25.1. The molecule has 2 rings (SSSR count). The molecule has 6 nitrogen and oxygen atoms in total. The van der Waals surface area contributed by atoms with Gasteiger partial charge in [-0.2, -0.15) is 0 Å². The van der Waals surface area contributed by atoms with Crippen molar-refractivity contribution in [2.45, 2.75) is 19.8 Å². The summed E-state index contributed by atoms with van der Waals surface area (Å²) in [5.41, 5.74) is 6.86. The molecule has 0 bridgehead atoms. The van der Waals surface area contributed by atoms with Crippen LogP contribution in [0.3, 0.4) is 0 Å². The number of carbonyl (C=O) groups is 2. The number of carbonyl (C=O) groups excluding carboxylic acids is 2. The third-order valence-electron chi connectivity index (χ3n) is 3.48. The van der Waals surface area contributed by atoms with Gasteiger partial charge in [-0.1, -0.05) is 13.0 Å². The molecular weight excluding hydrogens is 270 g/mol. The Kier molecular flexibility index (Phi) is 5.16. The molecule has 3 N–H and O–H groups in total. The molecule has 1 heterocycles. The number of ether oxygens (including phenoxy) is 1. The minimum Gasteiger partial charge on any atom is -0.447 e. The van der Waals surface area contributed by atoms with Crippen LogP contribution in [0.1, 0.15) is 19.8 Å². The smallest absolute Gasteiger partial charge is 0.414 e. The molecule has 1 saturated heterocycles. The second kappa shape index (κ2) is 7.08. The minimum atomic E-state index is -0.352. The van der Waals surface area contributed by atoms with Crippen LogP contribution in [0.4, 0.5) is 16.2 Å². The third kappa shape index (κ3) is 3.95. The first-order chi connectivity index (χ1) is 10.1. The minimum absolute atomic E-state index is 0.0374. The molecule has 0 aromatic heterocycles. The summed E-state index contributed by atoms with van der Waals surface area (Å²) in [6, 6.07) is 7.21. The first-order valence-corrected chi connectivity index (χ1v) is 7.17. The predicted molar refractivity (Wildman–Crippen MR) is 81.2 cm³/mol. The lowest BCUT2D eigenvalue weighted by molar-refractivity contribution is -0.119. The van der Waals surface area contributed by atoms with E-state index in [9.17, 15) is 9.59 Å². The Morgan fingerprint density at radius 1 is 1.52 bits per heavy atom. The van der Waals surface area contributed by atoms with Crippen molar-refractivity contribution in [3.63, 3.8) is 0 Å². The summed E-state index contributed by atoms with van der Waals surface area (Å²) in [7, 11) is 0. The molecule has 0 saturated carbocycles. The van der Waals surface area contributed by atoms with E-state index < -0.39 is 0 Å². The van der Waals surface area contributed by atoms with E-state index in [1.165, 1.54) is 0 Å². The summed E-state index contributed by atoms with van der Waals surface area (Å²) in [6.07, 6.45) is 1.24. The van der Waals surface area contributed by atoms with Gasteiger partial charge in [-0.25, -0.2) is 4.79 Å². The number of cyclic esters (lactones) is 1. The summed E-state index contributed by atoms with van der Waals surface area (Å²) in [6.45, 7) is 3.39. The molecule has 1 aliphatic rings. The maximum Gasteiger partial charge on any atom is 0.414 e.